The van der Waals surface area contributed by atoms with Crippen LogP contribution in [0.2, 0.25) is 0 Å². The largest absolute Gasteiger partial charge is 0.481 e. The van der Waals surface area contributed by atoms with Gasteiger partial charge in [-0.05, 0) is 42.5 Å². The number of aliphatic carboxylic acids is 1. The van der Waals surface area contributed by atoms with Gasteiger partial charge in [0.05, 0.1) is 16.7 Å². The fourth-order valence-corrected chi connectivity index (χ4v) is 4.29. The molecule has 1 amide bonds. The van der Waals surface area contributed by atoms with Crippen LogP contribution in [0, 0.1) is 23.7 Å². The molecule has 1 aromatic rings. The molecule has 2 bridgehead atoms. The minimum absolute atomic E-state index is 0.149. The normalized spacial score (nSPS) is 27.6. The lowest BCUT2D eigenvalue weighted by Crippen LogP contribution is -2.36. The number of benzene rings is 1. The minimum Gasteiger partial charge on any atom is -0.481 e. The molecule has 4 atom stereocenters. The maximum Gasteiger partial charge on any atom is 0.341 e. The van der Waals surface area contributed by atoms with Gasteiger partial charge in [-0.3, -0.25) is 9.59 Å². The molecule has 2 aliphatic rings. The monoisotopic (exact) mass is 371 g/mol. The maximum absolute atomic E-state index is 12.5. The van der Waals surface area contributed by atoms with Gasteiger partial charge in [0.1, 0.15) is 0 Å². The molecule has 1 saturated carbocycles. The van der Waals surface area contributed by atoms with E-state index in [0.29, 0.717) is 6.42 Å². The van der Waals surface area contributed by atoms with Gasteiger partial charge in [-0.25, -0.2) is 8.42 Å². The molecule has 25 heavy (non-hydrogen) atoms. The average molecular weight is 371 g/mol. The zero-order valence-corrected chi connectivity index (χ0v) is 13.6. The van der Waals surface area contributed by atoms with Gasteiger partial charge in [-0.1, -0.05) is 12.2 Å². The van der Waals surface area contributed by atoms with Gasteiger partial charge < -0.3 is 10.4 Å². The van der Waals surface area contributed by atoms with E-state index in [1.54, 1.807) is 0 Å². The first-order chi connectivity index (χ1) is 11.7. The zero-order chi connectivity index (χ0) is 18.4. The molecule has 0 spiro atoms. The molecule has 0 aliphatic heterocycles. The molecule has 0 radical (unpaired) electrons. The third-order valence-electron chi connectivity index (χ3n) is 4.73. The van der Waals surface area contributed by atoms with Crippen molar-refractivity contribution in [1.29, 1.82) is 0 Å². The molecule has 0 heterocycles. The number of carboxylic acid groups (broad SMARTS) is 1. The van der Waals surface area contributed by atoms with E-state index in [2.05, 4.69) is 5.32 Å². The molecule has 3 rings (SSSR count). The number of fused-ring (bicyclic) bond motifs is 2. The van der Waals surface area contributed by atoms with Crippen molar-refractivity contribution in [3.05, 3.63) is 36.4 Å². The molecule has 1 aromatic carbocycles. The highest BCUT2D eigenvalue weighted by Gasteiger charge is 2.51. The Hall–Kier alpha value is -2.29. The number of hydrogen-bond acceptors (Lipinski definition) is 4. The first kappa shape index (κ1) is 17.5. The fourth-order valence-electron chi connectivity index (χ4n) is 3.57. The first-order valence-corrected chi connectivity index (χ1v) is 9.10. The number of anilines is 1. The molecule has 2 aliphatic carbocycles. The molecule has 6 nitrogen and oxygen atoms in total. The summed E-state index contributed by atoms with van der Waals surface area (Å²) >= 11 is 0. The number of carbonyl (C=O) groups excluding carboxylic acids is 1. The smallest absolute Gasteiger partial charge is 0.341 e. The molecule has 9 heteroatoms. The van der Waals surface area contributed by atoms with E-state index in [-0.39, 0.29) is 17.5 Å². The number of allylic oxidation sites excluding steroid dienone is 2. The Morgan fingerprint density at radius 1 is 1.08 bits per heavy atom. The SMILES string of the molecule is O=C(O)C1C2C=CC(C2)C1C(=O)Nc1ccc(S(=O)(=O)C(F)F)cc1. The second-order valence-electron chi connectivity index (χ2n) is 6.16. The summed E-state index contributed by atoms with van der Waals surface area (Å²) in [5.41, 5.74) is 0.217. The van der Waals surface area contributed by atoms with E-state index in [0.717, 1.165) is 12.1 Å². The van der Waals surface area contributed by atoms with Crippen LogP contribution >= 0.6 is 0 Å². The molecular weight excluding hydrogens is 356 g/mol. The lowest BCUT2D eigenvalue weighted by molar-refractivity contribution is -0.146. The Balaban J connectivity index is 1.76. The van der Waals surface area contributed by atoms with Crippen molar-refractivity contribution in [2.45, 2.75) is 17.1 Å². The van der Waals surface area contributed by atoms with Gasteiger partial charge in [-0.2, -0.15) is 8.78 Å². The molecule has 2 N–H and O–H groups in total. The molecule has 0 aromatic heterocycles. The van der Waals surface area contributed by atoms with Crippen molar-refractivity contribution < 1.29 is 31.9 Å². The molecular formula is C16H15F2NO5S. The third-order valence-corrected chi connectivity index (χ3v) is 6.13. The number of alkyl halides is 2. The highest BCUT2D eigenvalue weighted by atomic mass is 32.2. The van der Waals surface area contributed by atoms with Gasteiger partial charge in [0.2, 0.25) is 15.7 Å². The van der Waals surface area contributed by atoms with Gasteiger partial charge in [-0.15, -0.1) is 0 Å². The Kier molecular flexibility index (Phi) is 4.36. The second kappa shape index (κ2) is 6.21. The number of hydrogen-bond donors (Lipinski definition) is 2. The van der Waals surface area contributed by atoms with Crippen LogP contribution in [-0.2, 0) is 19.4 Å². The minimum atomic E-state index is -4.70. The molecule has 4 unspecified atom stereocenters. The van der Waals surface area contributed by atoms with E-state index in [9.17, 15) is 31.9 Å². The summed E-state index contributed by atoms with van der Waals surface area (Å²) in [5.74, 6) is -6.86. The van der Waals surface area contributed by atoms with Crippen molar-refractivity contribution in [2.24, 2.45) is 23.7 Å². The molecule has 134 valence electrons. The van der Waals surface area contributed by atoms with Crippen LogP contribution in [0.4, 0.5) is 14.5 Å². The fraction of sp³-hybridized carbons (Fsp3) is 0.375. The van der Waals surface area contributed by atoms with Gasteiger partial charge >= 0.3 is 11.7 Å². The Morgan fingerprint density at radius 2 is 1.64 bits per heavy atom. The Labute approximate surface area is 142 Å². The zero-order valence-electron chi connectivity index (χ0n) is 12.8. The summed E-state index contributed by atoms with van der Waals surface area (Å²) in [4.78, 5) is 23.3. The van der Waals surface area contributed by atoms with Crippen LogP contribution in [0.15, 0.2) is 41.3 Å². The number of carboxylic acids is 1. The third kappa shape index (κ3) is 3.04. The number of halogens is 2. The lowest BCUT2D eigenvalue weighted by atomic mass is 9.82. The molecule has 0 saturated heterocycles. The Bertz CT molecular complexity index is 835. The summed E-state index contributed by atoms with van der Waals surface area (Å²) in [6, 6.07) is 4.36. The quantitative estimate of drug-likeness (QED) is 0.773. The number of sulfone groups is 1. The summed E-state index contributed by atoms with van der Waals surface area (Å²) in [7, 11) is -4.70. The van der Waals surface area contributed by atoms with Crippen LogP contribution < -0.4 is 5.32 Å². The summed E-state index contributed by atoms with van der Waals surface area (Å²) in [5, 5.41) is 11.9. The van der Waals surface area contributed by atoms with Crippen molar-refractivity contribution in [1.82, 2.24) is 0 Å². The van der Waals surface area contributed by atoms with Gasteiger partial charge in [0.15, 0.2) is 0 Å². The number of carbonyl (C=O) groups is 2. The number of rotatable bonds is 5. The standard InChI is InChI=1S/C16H15F2NO5S/c17-16(18)25(23,24)11-5-3-10(4-6-11)19-14(20)12-8-1-2-9(7-8)13(12)15(21)22/h1-6,8-9,12-13,16H,7H2,(H,19,20)(H,21,22). The van der Waals surface area contributed by atoms with Crippen LogP contribution in [0.1, 0.15) is 6.42 Å². The predicted molar refractivity (Wildman–Crippen MR) is 83.6 cm³/mol. The highest BCUT2D eigenvalue weighted by Crippen LogP contribution is 2.48. The average Bonchev–Trinajstić information content (AvgIpc) is 3.16. The maximum atomic E-state index is 12.5. The highest BCUT2D eigenvalue weighted by molar-refractivity contribution is 7.91. The predicted octanol–water partition coefficient (Wildman–Crippen LogP) is 2.14. The number of amides is 1. The van der Waals surface area contributed by atoms with Crippen molar-refractivity contribution in [2.75, 3.05) is 5.32 Å². The van der Waals surface area contributed by atoms with Gasteiger partial charge in [0, 0.05) is 5.69 Å². The van der Waals surface area contributed by atoms with Crippen LogP contribution in [-0.4, -0.2) is 31.2 Å². The summed E-state index contributed by atoms with van der Waals surface area (Å²) in [6.07, 6.45) is 4.27. The van der Waals surface area contributed by atoms with E-state index < -0.39 is 44.2 Å². The van der Waals surface area contributed by atoms with E-state index in [4.69, 9.17) is 0 Å². The number of nitrogens with one attached hydrogen (secondary N) is 1. The van der Waals surface area contributed by atoms with Crippen LogP contribution in [0.25, 0.3) is 0 Å². The molecule has 1 fully saturated rings. The van der Waals surface area contributed by atoms with Crippen LogP contribution in [0.5, 0.6) is 0 Å². The van der Waals surface area contributed by atoms with Crippen LogP contribution in [0.3, 0.4) is 0 Å². The van der Waals surface area contributed by atoms with E-state index in [1.807, 2.05) is 12.2 Å². The topological polar surface area (TPSA) is 101 Å². The lowest BCUT2D eigenvalue weighted by Gasteiger charge is -2.23. The van der Waals surface area contributed by atoms with Crippen molar-refractivity contribution in [3.63, 3.8) is 0 Å². The summed E-state index contributed by atoms with van der Waals surface area (Å²) < 4.78 is 47.7. The first-order valence-electron chi connectivity index (χ1n) is 7.56. The van der Waals surface area contributed by atoms with E-state index in [1.165, 1.54) is 12.1 Å². The summed E-state index contributed by atoms with van der Waals surface area (Å²) in [6.45, 7) is 0. The van der Waals surface area contributed by atoms with Gasteiger partial charge in [0.25, 0.3) is 0 Å². The van der Waals surface area contributed by atoms with E-state index >= 15 is 0 Å². The van der Waals surface area contributed by atoms with Crippen molar-refractivity contribution >= 4 is 27.4 Å². The second-order valence-corrected chi connectivity index (χ2v) is 8.08. The Morgan fingerprint density at radius 3 is 2.16 bits per heavy atom. The van der Waals surface area contributed by atoms with Crippen molar-refractivity contribution in [3.8, 4) is 0 Å².